The maximum atomic E-state index is 12.0. The van der Waals surface area contributed by atoms with Gasteiger partial charge in [0.2, 0.25) is 0 Å². The first-order chi connectivity index (χ1) is 12.8. The van der Waals surface area contributed by atoms with Gasteiger partial charge in [-0.25, -0.2) is 4.79 Å². The van der Waals surface area contributed by atoms with Crippen molar-refractivity contribution in [2.75, 3.05) is 6.61 Å². The molecule has 0 aliphatic carbocycles. The summed E-state index contributed by atoms with van der Waals surface area (Å²) in [5.41, 5.74) is 1.98. The van der Waals surface area contributed by atoms with Crippen molar-refractivity contribution in [1.82, 2.24) is 5.32 Å². The van der Waals surface area contributed by atoms with Crippen molar-refractivity contribution in [1.29, 1.82) is 0 Å². The number of esters is 1. The zero-order valence-corrected chi connectivity index (χ0v) is 15.0. The molecule has 0 spiro atoms. The van der Waals surface area contributed by atoms with Crippen LogP contribution in [0.25, 0.3) is 0 Å². The lowest BCUT2D eigenvalue weighted by atomic mass is 10.1. The van der Waals surface area contributed by atoms with E-state index in [2.05, 4.69) is 5.32 Å². The molecule has 2 aromatic rings. The summed E-state index contributed by atoms with van der Waals surface area (Å²) in [6, 6.07) is 13.0. The average Bonchev–Trinajstić information content (AvgIpc) is 2.66. The molecule has 0 fully saturated rings. The number of amides is 1. The Bertz CT molecular complexity index is 802. The molecular weight excluding hydrogens is 352 g/mol. The van der Waals surface area contributed by atoms with Crippen molar-refractivity contribution >= 4 is 17.6 Å². The number of nitrogens with one attached hydrogen (secondary N) is 1. The molecule has 0 radical (unpaired) electrons. The van der Waals surface area contributed by atoms with E-state index in [1.54, 1.807) is 0 Å². The fourth-order valence-electron chi connectivity index (χ4n) is 2.13. The third kappa shape index (κ3) is 6.43. The quantitative estimate of drug-likeness (QED) is 0.433. The van der Waals surface area contributed by atoms with Crippen LogP contribution in [0.15, 0.2) is 48.5 Å². The van der Waals surface area contributed by atoms with E-state index in [-0.39, 0.29) is 11.4 Å². The number of nitro benzene ring substituents is 1. The maximum Gasteiger partial charge on any atom is 0.344 e. The predicted octanol–water partition coefficient (Wildman–Crippen LogP) is 2.53. The van der Waals surface area contributed by atoms with E-state index in [1.807, 2.05) is 31.2 Å². The number of nitrogens with zero attached hydrogens (tertiary/aromatic N) is 1. The molecule has 142 valence electrons. The molecule has 2 rings (SSSR count). The highest BCUT2D eigenvalue weighted by Crippen LogP contribution is 2.17. The Balaban J connectivity index is 1.74. The zero-order chi connectivity index (χ0) is 19.8. The number of aryl methyl sites for hydroxylation is 1. The lowest BCUT2D eigenvalue weighted by Crippen LogP contribution is -2.36. The maximum absolute atomic E-state index is 12.0. The Morgan fingerprint density at radius 3 is 2.33 bits per heavy atom. The van der Waals surface area contributed by atoms with Crippen LogP contribution in [0, 0.1) is 17.0 Å². The van der Waals surface area contributed by atoms with E-state index in [0.29, 0.717) is 6.54 Å². The molecule has 8 heteroatoms. The highest BCUT2D eigenvalue weighted by molar-refractivity contribution is 5.83. The fourth-order valence-corrected chi connectivity index (χ4v) is 2.13. The Hall–Kier alpha value is -3.42. The minimum absolute atomic E-state index is 0.0798. The first-order valence-electron chi connectivity index (χ1n) is 8.25. The van der Waals surface area contributed by atoms with Crippen LogP contribution in [0.1, 0.15) is 18.1 Å². The Labute approximate surface area is 156 Å². The molecular formula is C19H20N2O6. The van der Waals surface area contributed by atoms with Crippen molar-refractivity contribution in [3.63, 3.8) is 0 Å². The molecule has 0 bridgehead atoms. The predicted molar refractivity (Wildman–Crippen MR) is 97.2 cm³/mol. The molecule has 0 saturated heterocycles. The van der Waals surface area contributed by atoms with Gasteiger partial charge in [0.05, 0.1) is 4.92 Å². The van der Waals surface area contributed by atoms with Crippen molar-refractivity contribution in [3.8, 4) is 5.75 Å². The summed E-state index contributed by atoms with van der Waals surface area (Å²) in [6.07, 6.45) is -0.969. The van der Waals surface area contributed by atoms with Gasteiger partial charge in [-0.1, -0.05) is 29.8 Å². The summed E-state index contributed by atoms with van der Waals surface area (Å²) in [4.78, 5) is 33.8. The number of rotatable bonds is 8. The van der Waals surface area contributed by atoms with Crippen molar-refractivity contribution in [3.05, 3.63) is 69.8 Å². The number of hydrogen-bond donors (Lipinski definition) is 1. The van der Waals surface area contributed by atoms with Crippen LogP contribution in [0.4, 0.5) is 5.69 Å². The van der Waals surface area contributed by atoms with Gasteiger partial charge in [0.25, 0.3) is 11.6 Å². The van der Waals surface area contributed by atoms with Gasteiger partial charge < -0.3 is 14.8 Å². The third-order valence-electron chi connectivity index (χ3n) is 3.67. The number of nitro groups is 1. The number of carbonyl (C=O) groups is 2. The molecule has 0 heterocycles. The summed E-state index contributed by atoms with van der Waals surface area (Å²) in [5.74, 6) is -0.848. The number of hydrogen-bond acceptors (Lipinski definition) is 6. The fraction of sp³-hybridized carbons (Fsp3) is 0.263. The number of non-ortho nitro benzene ring substituents is 1. The number of benzene rings is 2. The number of ether oxygens (including phenoxy) is 2. The molecule has 2 aromatic carbocycles. The van der Waals surface area contributed by atoms with Gasteiger partial charge in [-0.05, 0) is 31.5 Å². The van der Waals surface area contributed by atoms with E-state index >= 15 is 0 Å². The van der Waals surface area contributed by atoms with Gasteiger partial charge >= 0.3 is 5.97 Å². The highest BCUT2D eigenvalue weighted by atomic mass is 16.6. The van der Waals surface area contributed by atoms with Crippen LogP contribution in [-0.4, -0.2) is 29.5 Å². The summed E-state index contributed by atoms with van der Waals surface area (Å²) >= 11 is 0. The molecule has 0 unspecified atom stereocenters. The van der Waals surface area contributed by atoms with Crippen LogP contribution in [0.5, 0.6) is 5.75 Å². The highest BCUT2D eigenvalue weighted by Gasteiger charge is 2.18. The monoisotopic (exact) mass is 372 g/mol. The normalized spacial score (nSPS) is 11.3. The van der Waals surface area contributed by atoms with Crippen molar-refractivity contribution in [2.45, 2.75) is 26.5 Å². The summed E-state index contributed by atoms with van der Waals surface area (Å²) in [7, 11) is 0. The van der Waals surface area contributed by atoms with E-state index < -0.39 is 29.5 Å². The topological polar surface area (TPSA) is 108 Å². The zero-order valence-electron chi connectivity index (χ0n) is 15.0. The molecule has 1 amide bonds. The van der Waals surface area contributed by atoms with Crippen LogP contribution in [0.2, 0.25) is 0 Å². The van der Waals surface area contributed by atoms with E-state index in [0.717, 1.165) is 11.1 Å². The van der Waals surface area contributed by atoms with Crippen LogP contribution < -0.4 is 10.1 Å². The molecule has 0 aliphatic rings. The minimum Gasteiger partial charge on any atom is -0.482 e. The number of carbonyl (C=O) groups excluding carboxylic acids is 2. The van der Waals surface area contributed by atoms with E-state index in [4.69, 9.17) is 9.47 Å². The van der Waals surface area contributed by atoms with Crippen molar-refractivity contribution in [2.24, 2.45) is 0 Å². The van der Waals surface area contributed by atoms with Crippen LogP contribution >= 0.6 is 0 Å². The second kappa shape index (κ2) is 9.33. The SMILES string of the molecule is Cc1ccc(CNC(=O)[C@H](C)OC(=O)COc2ccc([N+](=O)[O-])cc2)cc1. The molecule has 8 nitrogen and oxygen atoms in total. The smallest absolute Gasteiger partial charge is 0.344 e. The lowest BCUT2D eigenvalue weighted by Gasteiger charge is -2.14. The summed E-state index contributed by atoms with van der Waals surface area (Å²) in [5, 5.41) is 13.3. The molecule has 0 saturated carbocycles. The largest absolute Gasteiger partial charge is 0.482 e. The van der Waals surface area contributed by atoms with Crippen molar-refractivity contribution < 1.29 is 24.0 Å². The molecule has 1 N–H and O–H groups in total. The first-order valence-corrected chi connectivity index (χ1v) is 8.25. The van der Waals surface area contributed by atoms with Gasteiger partial charge in [0.1, 0.15) is 5.75 Å². The summed E-state index contributed by atoms with van der Waals surface area (Å²) < 4.78 is 10.2. The van der Waals surface area contributed by atoms with Gasteiger partial charge in [-0.15, -0.1) is 0 Å². The first kappa shape index (κ1) is 19.9. The van der Waals surface area contributed by atoms with Gasteiger partial charge in [-0.2, -0.15) is 0 Å². The average molecular weight is 372 g/mol. The minimum atomic E-state index is -0.969. The lowest BCUT2D eigenvalue weighted by molar-refractivity contribution is -0.384. The van der Waals surface area contributed by atoms with E-state index in [9.17, 15) is 19.7 Å². The summed E-state index contributed by atoms with van der Waals surface area (Å²) in [6.45, 7) is 3.37. The van der Waals surface area contributed by atoms with Crippen LogP contribution in [0.3, 0.4) is 0 Å². The second-order valence-electron chi connectivity index (χ2n) is 5.88. The Morgan fingerprint density at radius 2 is 1.74 bits per heavy atom. The second-order valence-corrected chi connectivity index (χ2v) is 5.88. The third-order valence-corrected chi connectivity index (χ3v) is 3.67. The molecule has 1 atom stereocenters. The van der Waals surface area contributed by atoms with Gasteiger partial charge in [0.15, 0.2) is 12.7 Å². The van der Waals surface area contributed by atoms with Gasteiger partial charge in [-0.3, -0.25) is 14.9 Å². The molecule has 0 aromatic heterocycles. The molecule has 0 aliphatic heterocycles. The Morgan fingerprint density at radius 1 is 1.11 bits per heavy atom. The standard InChI is InChI=1S/C19H20N2O6/c1-13-3-5-15(6-4-13)11-20-19(23)14(2)27-18(22)12-26-17-9-7-16(8-10-17)21(24)25/h3-10,14H,11-12H2,1-2H3,(H,20,23)/t14-/m0/s1. The van der Waals surface area contributed by atoms with Crippen LogP contribution in [-0.2, 0) is 20.9 Å². The molecule has 27 heavy (non-hydrogen) atoms. The van der Waals surface area contributed by atoms with E-state index in [1.165, 1.54) is 31.2 Å². The Kier molecular flexibility index (Phi) is 6.87. The van der Waals surface area contributed by atoms with Gasteiger partial charge in [0, 0.05) is 18.7 Å².